The molecule has 0 saturated heterocycles. The average Bonchev–Trinajstić information content (AvgIpc) is 2.84. The van der Waals surface area contributed by atoms with Crippen LogP contribution in [0.3, 0.4) is 0 Å². The topological polar surface area (TPSA) is 93.7 Å². The summed E-state index contributed by atoms with van der Waals surface area (Å²) in [5.41, 5.74) is 1.60. The largest absolute Gasteiger partial charge is 0.497 e. The number of rotatable bonds is 8. The Bertz CT molecular complexity index is 1430. The summed E-state index contributed by atoms with van der Waals surface area (Å²) < 4.78 is 39.0. The zero-order valence-corrected chi connectivity index (χ0v) is 19.6. The highest BCUT2D eigenvalue weighted by Crippen LogP contribution is 2.29. The number of anilines is 2. The predicted molar refractivity (Wildman–Crippen MR) is 133 cm³/mol. The highest BCUT2D eigenvalue weighted by atomic mass is 32.2. The van der Waals surface area contributed by atoms with Gasteiger partial charge in [0.25, 0.3) is 10.0 Å². The van der Waals surface area contributed by atoms with Crippen molar-refractivity contribution in [2.24, 2.45) is 0 Å². The molecule has 0 aromatic heterocycles. The van der Waals surface area contributed by atoms with E-state index in [1.807, 2.05) is 42.5 Å². The Labute approximate surface area is 198 Å². The Morgan fingerprint density at radius 3 is 2.26 bits per heavy atom. The van der Waals surface area contributed by atoms with Crippen LogP contribution >= 0.6 is 0 Å². The number of carbonyl (C=O) groups excluding carboxylic acids is 1. The van der Waals surface area contributed by atoms with Crippen molar-refractivity contribution in [3.05, 3.63) is 90.5 Å². The fourth-order valence-electron chi connectivity index (χ4n) is 3.66. The van der Waals surface area contributed by atoms with Crippen molar-refractivity contribution >= 4 is 38.1 Å². The summed E-state index contributed by atoms with van der Waals surface area (Å²) in [4.78, 5) is 12.7. The van der Waals surface area contributed by atoms with Gasteiger partial charge >= 0.3 is 0 Å². The first-order valence-electron chi connectivity index (χ1n) is 10.5. The van der Waals surface area contributed by atoms with Crippen molar-refractivity contribution in [1.29, 1.82) is 0 Å². The lowest BCUT2D eigenvalue weighted by Crippen LogP contribution is -2.17. The molecule has 0 radical (unpaired) electrons. The monoisotopic (exact) mass is 476 g/mol. The Kier molecular flexibility index (Phi) is 6.70. The zero-order chi connectivity index (χ0) is 24.1. The maximum atomic E-state index is 13.1. The second-order valence-corrected chi connectivity index (χ2v) is 9.21. The summed E-state index contributed by atoms with van der Waals surface area (Å²) in [5.74, 6) is 0.512. The van der Waals surface area contributed by atoms with Gasteiger partial charge in [-0.3, -0.25) is 9.52 Å². The molecule has 0 bridgehead atoms. The van der Waals surface area contributed by atoms with Crippen molar-refractivity contribution in [2.45, 2.75) is 11.3 Å². The number of fused-ring (bicyclic) bond motifs is 1. The molecule has 8 heteroatoms. The standard InChI is InChI=1S/C26H24N2O5S/c1-32-22-13-10-20(11-14-22)28-34(30,31)25-17-21(12-15-24(25)33-2)27-26(29)16-19-8-5-7-18-6-3-4-9-23(18)19/h3-15,17,28H,16H2,1-2H3,(H,27,29). The van der Waals surface area contributed by atoms with Crippen molar-refractivity contribution in [3.8, 4) is 11.5 Å². The number of methoxy groups -OCH3 is 2. The third-order valence-electron chi connectivity index (χ3n) is 5.31. The van der Waals surface area contributed by atoms with Gasteiger partial charge in [-0.25, -0.2) is 8.42 Å². The number of amides is 1. The summed E-state index contributed by atoms with van der Waals surface area (Å²) >= 11 is 0. The van der Waals surface area contributed by atoms with Crippen molar-refractivity contribution in [1.82, 2.24) is 0 Å². The molecule has 0 spiro atoms. The van der Waals surface area contributed by atoms with Gasteiger partial charge in [0, 0.05) is 11.4 Å². The fourth-order valence-corrected chi connectivity index (χ4v) is 4.91. The van der Waals surface area contributed by atoms with Crippen LogP contribution in [-0.2, 0) is 21.2 Å². The summed E-state index contributed by atoms with van der Waals surface area (Å²) in [6, 6.07) is 24.6. The maximum Gasteiger partial charge on any atom is 0.265 e. The lowest BCUT2D eigenvalue weighted by atomic mass is 10.0. The number of carbonyl (C=O) groups is 1. The van der Waals surface area contributed by atoms with E-state index >= 15 is 0 Å². The summed E-state index contributed by atoms with van der Waals surface area (Å²) in [7, 11) is -1.07. The van der Waals surface area contributed by atoms with Gasteiger partial charge < -0.3 is 14.8 Å². The lowest BCUT2D eigenvalue weighted by molar-refractivity contribution is -0.115. The van der Waals surface area contributed by atoms with Gasteiger partial charge in [-0.2, -0.15) is 0 Å². The summed E-state index contributed by atoms with van der Waals surface area (Å²) in [5, 5.41) is 4.85. The molecule has 0 aliphatic carbocycles. The van der Waals surface area contributed by atoms with Crippen LogP contribution in [0.1, 0.15) is 5.56 Å². The molecule has 4 aromatic rings. The van der Waals surface area contributed by atoms with Crippen molar-refractivity contribution in [2.75, 3.05) is 24.3 Å². The molecule has 1 amide bonds. The van der Waals surface area contributed by atoms with Crippen LogP contribution < -0.4 is 19.5 Å². The van der Waals surface area contributed by atoms with Gasteiger partial charge in [-0.05, 0) is 58.8 Å². The number of nitrogens with one attached hydrogen (secondary N) is 2. The van der Waals surface area contributed by atoms with Crippen LogP contribution in [0.25, 0.3) is 10.8 Å². The molecule has 0 saturated carbocycles. The van der Waals surface area contributed by atoms with Gasteiger partial charge in [0.15, 0.2) is 0 Å². The van der Waals surface area contributed by atoms with E-state index in [1.54, 1.807) is 30.3 Å². The Hall–Kier alpha value is -4.04. The van der Waals surface area contributed by atoms with E-state index in [0.717, 1.165) is 16.3 Å². The molecule has 0 aliphatic rings. The summed E-state index contributed by atoms with van der Waals surface area (Å²) in [6.07, 6.45) is 0.152. The molecule has 34 heavy (non-hydrogen) atoms. The Morgan fingerprint density at radius 1 is 0.824 bits per heavy atom. The number of hydrogen-bond donors (Lipinski definition) is 2. The molecule has 0 unspecified atom stereocenters. The third-order valence-corrected chi connectivity index (χ3v) is 6.71. The van der Waals surface area contributed by atoms with Gasteiger partial charge in [0.2, 0.25) is 5.91 Å². The first kappa shape index (κ1) is 23.1. The van der Waals surface area contributed by atoms with E-state index in [2.05, 4.69) is 10.0 Å². The second-order valence-electron chi connectivity index (χ2n) is 7.56. The maximum absolute atomic E-state index is 13.1. The van der Waals surface area contributed by atoms with Crippen LogP contribution in [0.4, 0.5) is 11.4 Å². The van der Waals surface area contributed by atoms with Crippen molar-refractivity contribution in [3.63, 3.8) is 0 Å². The van der Waals surface area contributed by atoms with Gasteiger partial charge in [0.1, 0.15) is 16.4 Å². The number of sulfonamides is 1. The molecule has 0 fully saturated rings. The minimum Gasteiger partial charge on any atom is -0.497 e. The predicted octanol–water partition coefficient (Wildman–Crippen LogP) is 4.84. The molecule has 4 aromatic carbocycles. The summed E-state index contributed by atoms with van der Waals surface area (Å²) in [6.45, 7) is 0. The van der Waals surface area contributed by atoms with Gasteiger partial charge in [-0.1, -0.05) is 42.5 Å². The van der Waals surface area contributed by atoms with E-state index in [0.29, 0.717) is 17.1 Å². The first-order valence-corrected chi connectivity index (χ1v) is 12.0. The van der Waals surface area contributed by atoms with Crippen LogP contribution in [0.5, 0.6) is 11.5 Å². The van der Waals surface area contributed by atoms with Crippen molar-refractivity contribution < 1.29 is 22.7 Å². The molecule has 7 nitrogen and oxygen atoms in total. The molecule has 0 heterocycles. The SMILES string of the molecule is COc1ccc(NS(=O)(=O)c2cc(NC(=O)Cc3cccc4ccccc34)ccc2OC)cc1. The van der Waals surface area contributed by atoms with Crippen LogP contribution in [-0.4, -0.2) is 28.5 Å². The highest BCUT2D eigenvalue weighted by Gasteiger charge is 2.21. The third kappa shape index (κ3) is 5.13. The minimum absolute atomic E-state index is 0.0891. The zero-order valence-electron chi connectivity index (χ0n) is 18.7. The lowest BCUT2D eigenvalue weighted by Gasteiger charge is -2.14. The highest BCUT2D eigenvalue weighted by molar-refractivity contribution is 7.92. The second kappa shape index (κ2) is 9.84. The minimum atomic E-state index is -3.99. The number of hydrogen-bond acceptors (Lipinski definition) is 5. The van der Waals surface area contributed by atoms with E-state index in [4.69, 9.17) is 9.47 Å². The van der Waals surface area contributed by atoms with E-state index < -0.39 is 10.0 Å². The van der Waals surface area contributed by atoms with E-state index in [-0.39, 0.29) is 23.0 Å². The van der Waals surface area contributed by atoms with Gasteiger partial charge in [0.05, 0.1) is 20.6 Å². The van der Waals surface area contributed by atoms with E-state index in [1.165, 1.54) is 26.4 Å². The fraction of sp³-hybridized carbons (Fsp3) is 0.115. The first-order chi connectivity index (χ1) is 16.4. The number of ether oxygens (including phenoxy) is 2. The molecule has 174 valence electrons. The Morgan fingerprint density at radius 2 is 1.53 bits per heavy atom. The molecule has 0 aliphatic heterocycles. The average molecular weight is 477 g/mol. The Balaban J connectivity index is 1.56. The van der Waals surface area contributed by atoms with E-state index in [9.17, 15) is 13.2 Å². The molecule has 0 atom stereocenters. The normalized spacial score (nSPS) is 11.1. The molecule has 4 rings (SSSR count). The van der Waals surface area contributed by atoms with Crippen LogP contribution in [0.15, 0.2) is 89.8 Å². The molecular weight excluding hydrogens is 452 g/mol. The van der Waals surface area contributed by atoms with Crippen LogP contribution in [0.2, 0.25) is 0 Å². The molecule has 2 N–H and O–H groups in total. The smallest absolute Gasteiger partial charge is 0.265 e. The quantitative estimate of drug-likeness (QED) is 0.380. The van der Waals surface area contributed by atoms with Crippen LogP contribution in [0, 0.1) is 0 Å². The number of benzene rings is 4. The van der Waals surface area contributed by atoms with Gasteiger partial charge in [-0.15, -0.1) is 0 Å². The molecular formula is C26H24N2O5S.